The first-order valence-corrected chi connectivity index (χ1v) is 8.73. The molecule has 1 saturated heterocycles. The van der Waals surface area contributed by atoms with Crippen molar-refractivity contribution >= 4 is 15.7 Å². The van der Waals surface area contributed by atoms with Gasteiger partial charge in [0.25, 0.3) is 5.91 Å². The topological polar surface area (TPSA) is 98.5 Å². The Bertz CT molecular complexity index is 587. The molecule has 0 spiro atoms. The maximum atomic E-state index is 11.8. The van der Waals surface area contributed by atoms with Crippen LogP contribution in [0.2, 0.25) is 0 Å². The molecular formula is C14H20N2O4S. The van der Waals surface area contributed by atoms with Crippen LogP contribution in [0.15, 0.2) is 24.3 Å². The van der Waals surface area contributed by atoms with Gasteiger partial charge < -0.3 is 15.8 Å². The van der Waals surface area contributed by atoms with E-state index in [1.807, 2.05) is 18.2 Å². The molecule has 2 rings (SSSR count). The standard InChI is InChI=1S/C14H20N2O4S/c15-9-11-3-1-2-4-13(11)20-10-14(17)16-12-5-7-21(18,19)8-6-12/h1-4,12H,5-10,15H2,(H,16,17). The molecular weight excluding hydrogens is 292 g/mol. The zero-order chi connectivity index (χ0) is 15.3. The van der Waals surface area contributed by atoms with Gasteiger partial charge in [-0.25, -0.2) is 8.42 Å². The van der Waals surface area contributed by atoms with Gasteiger partial charge in [0.1, 0.15) is 15.6 Å². The fourth-order valence-electron chi connectivity index (χ4n) is 2.26. The summed E-state index contributed by atoms with van der Waals surface area (Å²) in [6, 6.07) is 7.20. The number of carbonyl (C=O) groups is 1. The van der Waals surface area contributed by atoms with E-state index in [0.29, 0.717) is 25.1 Å². The molecule has 116 valence electrons. The number of hydrogen-bond donors (Lipinski definition) is 2. The van der Waals surface area contributed by atoms with Crippen LogP contribution in [0.5, 0.6) is 5.75 Å². The molecule has 0 unspecified atom stereocenters. The lowest BCUT2D eigenvalue weighted by atomic mass is 10.1. The SMILES string of the molecule is NCc1ccccc1OCC(=O)NC1CCS(=O)(=O)CC1. The Kier molecular flexibility index (Phi) is 5.19. The van der Waals surface area contributed by atoms with Crippen LogP contribution in [-0.2, 0) is 21.2 Å². The van der Waals surface area contributed by atoms with Gasteiger partial charge in [-0.15, -0.1) is 0 Å². The highest BCUT2D eigenvalue weighted by Crippen LogP contribution is 2.17. The van der Waals surface area contributed by atoms with Crippen LogP contribution in [0.1, 0.15) is 18.4 Å². The number of hydrogen-bond acceptors (Lipinski definition) is 5. The van der Waals surface area contributed by atoms with Crippen LogP contribution < -0.4 is 15.8 Å². The summed E-state index contributed by atoms with van der Waals surface area (Å²) in [6.07, 6.45) is 0.931. The first-order chi connectivity index (χ1) is 10.00. The minimum Gasteiger partial charge on any atom is -0.483 e. The van der Waals surface area contributed by atoms with Crippen molar-refractivity contribution in [2.24, 2.45) is 5.73 Å². The Morgan fingerprint density at radius 2 is 1.95 bits per heavy atom. The largest absolute Gasteiger partial charge is 0.483 e. The summed E-state index contributed by atoms with van der Waals surface area (Å²) < 4.78 is 28.1. The average molecular weight is 312 g/mol. The van der Waals surface area contributed by atoms with E-state index >= 15 is 0 Å². The monoisotopic (exact) mass is 312 g/mol. The Morgan fingerprint density at radius 1 is 1.29 bits per heavy atom. The molecule has 6 nitrogen and oxygen atoms in total. The van der Waals surface area contributed by atoms with Gasteiger partial charge >= 0.3 is 0 Å². The molecule has 0 aliphatic carbocycles. The predicted molar refractivity (Wildman–Crippen MR) is 79.6 cm³/mol. The maximum Gasteiger partial charge on any atom is 0.258 e. The second kappa shape index (κ2) is 6.91. The lowest BCUT2D eigenvalue weighted by Crippen LogP contribution is -2.42. The molecule has 1 aliphatic heterocycles. The van der Waals surface area contributed by atoms with Crippen LogP contribution in [0.25, 0.3) is 0 Å². The van der Waals surface area contributed by atoms with Crippen LogP contribution in [0, 0.1) is 0 Å². The van der Waals surface area contributed by atoms with Crippen LogP contribution in [-0.4, -0.2) is 38.5 Å². The first kappa shape index (κ1) is 15.8. The zero-order valence-electron chi connectivity index (χ0n) is 11.7. The third kappa shape index (κ3) is 4.71. The van der Waals surface area contributed by atoms with Gasteiger partial charge in [-0.1, -0.05) is 18.2 Å². The highest BCUT2D eigenvalue weighted by molar-refractivity contribution is 7.91. The van der Waals surface area contributed by atoms with E-state index in [0.717, 1.165) is 5.56 Å². The van der Waals surface area contributed by atoms with Crippen molar-refractivity contribution < 1.29 is 17.9 Å². The van der Waals surface area contributed by atoms with Crippen molar-refractivity contribution in [2.45, 2.75) is 25.4 Å². The van der Waals surface area contributed by atoms with Crippen molar-refractivity contribution in [1.29, 1.82) is 0 Å². The second-order valence-electron chi connectivity index (χ2n) is 5.09. The van der Waals surface area contributed by atoms with Gasteiger partial charge in [-0.2, -0.15) is 0 Å². The molecule has 7 heteroatoms. The maximum absolute atomic E-state index is 11.8. The molecule has 0 atom stereocenters. The number of benzene rings is 1. The number of sulfone groups is 1. The van der Waals surface area contributed by atoms with Crippen molar-refractivity contribution in [1.82, 2.24) is 5.32 Å². The van der Waals surface area contributed by atoms with Gasteiger partial charge in [0.15, 0.2) is 6.61 Å². The number of ether oxygens (including phenoxy) is 1. The Hall–Kier alpha value is -1.60. The first-order valence-electron chi connectivity index (χ1n) is 6.91. The number of carbonyl (C=O) groups excluding carboxylic acids is 1. The Balaban J connectivity index is 1.80. The number of amides is 1. The third-order valence-corrected chi connectivity index (χ3v) is 5.19. The predicted octanol–water partition coefficient (Wildman–Crippen LogP) is 0.217. The quantitative estimate of drug-likeness (QED) is 0.810. The fourth-order valence-corrected chi connectivity index (χ4v) is 3.75. The minimum absolute atomic E-state index is 0.0885. The molecule has 1 aliphatic rings. The molecule has 1 fully saturated rings. The summed E-state index contributed by atoms with van der Waals surface area (Å²) >= 11 is 0. The summed E-state index contributed by atoms with van der Waals surface area (Å²) in [6.45, 7) is 0.249. The van der Waals surface area contributed by atoms with Crippen LogP contribution in [0.3, 0.4) is 0 Å². The van der Waals surface area contributed by atoms with E-state index in [-0.39, 0.29) is 30.1 Å². The van der Waals surface area contributed by atoms with Crippen LogP contribution in [0.4, 0.5) is 0 Å². The average Bonchev–Trinajstić information content (AvgIpc) is 2.47. The highest BCUT2D eigenvalue weighted by atomic mass is 32.2. The van der Waals surface area contributed by atoms with E-state index in [1.165, 1.54) is 0 Å². The molecule has 0 radical (unpaired) electrons. The van der Waals surface area contributed by atoms with E-state index in [1.54, 1.807) is 6.07 Å². The Labute approximate surface area is 124 Å². The lowest BCUT2D eigenvalue weighted by molar-refractivity contribution is -0.123. The van der Waals surface area contributed by atoms with Gasteiger partial charge in [0.05, 0.1) is 11.5 Å². The number of nitrogens with two attached hydrogens (primary N) is 1. The number of rotatable bonds is 5. The number of nitrogens with one attached hydrogen (secondary N) is 1. The van der Waals surface area contributed by atoms with Gasteiger partial charge in [-0.05, 0) is 18.9 Å². The van der Waals surface area contributed by atoms with E-state index in [9.17, 15) is 13.2 Å². The molecule has 0 bridgehead atoms. The van der Waals surface area contributed by atoms with Gasteiger partial charge in [-0.3, -0.25) is 4.79 Å². The summed E-state index contributed by atoms with van der Waals surface area (Å²) in [5, 5.41) is 2.80. The summed E-state index contributed by atoms with van der Waals surface area (Å²) in [7, 11) is -2.91. The lowest BCUT2D eigenvalue weighted by Gasteiger charge is -2.23. The molecule has 3 N–H and O–H groups in total. The number of para-hydroxylation sites is 1. The molecule has 1 aromatic rings. The fraction of sp³-hybridized carbons (Fsp3) is 0.500. The molecule has 1 amide bonds. The normalized spacial score (nSPS) is 18.1. The van der Waals surface area contributed by atoms with Crippen LogP contribution >= 0.6 is 0 Å². The van der Waals surface area contributed by atoms with E-state index < -0.39 is 9.84 Å². The van der Waals surface area contributed by atoms with Crippen molar-refractivity contribution in [2.75, 3.05) is 18.1 Å². The van der Waals surface area contributed by atoms with Gasteiger partial charge in [0.2, 0.25) is 0 Å². The molecule has 0 aromatic heterocycles. The molecule has 1 heterocycles. The smallest absolute Gasteiger partial charge is 0.258 e. The Morgan fingerprint density at radius 3 is 2.62 bits per heavy atom. The zero-order valence-corrected chi connectivity index (χ0v) is 12.6. The second-order valence-corrected chi connectivity index (χ2v) is 7.40. The van der Waals surface area contributed by atoms with Crippen molar-refractivity contribution in [3.8, 4) is 5.75 Å². The minimum atomic E-state index is -2.91. The van der Waals surface area contributed by atoms with E-state index in [2.05, 4.69) is 5.32 Å². The highest BCUT2D eigenvalue weighted by Gasteiger charge is 2.24. The molecule has 21 heavy (non-hydrogen) atoms. The molecule has 0 saturated carbocycles. The van der Waals surface area contributed by atoms with Crippen molar-refractivity contribution in [3.63, 3.8) is 0 Å². The summed E-state index contributed by atoms with van der Waals surface area (Å²) in [4.78, 5) is 11.8. The molecule has 1 aromatic carbocycles. The van der Waals surface area contributed by atoms with Crippen molar-refractivity contribution in [3.05, 3.63) is 29.8 Å². The van der Waals surface area contributed by atoms with Gasteiger partial charge in [0, 0.05) is 18.2 Å². The van der Waals surface area contributed by atoms with E-state index in [4.69, 9.17) is 10.5 Å². The summed E-state index contributed by atoms with van der Waals surface area (Å²) in [5.41, 5.74) is 6.44. The third-order valence-electron chi connectivity index (χ3n) is 3.47. The summed E-state index contributed by atoms with van der Waals surface area (Å²) in [5.74, 6) is 0.622.